The smallest absolute Gasteiger partial charge is 0.366 e. The lowest BCUT2D eigenvalue weighted by Crippen LogP contribution is -2.56. The van der Waals surface area contributed by atoms with Crippen molar-refractivity contribution < 1.29 is 22.4 Å². The van der Waals surface area contributed by atoms with Gasteiger partial charge in [-0.1, -0.05) is 0 Å². The highest BCUT2D eigenvalue weighted by Crippen LogP contribution is 2.41. The Balaban J connectivity index is 1.46. The Morgan fingerprint density at radius 2 is 1.82 bits per heavy atom. The van der Waals surface area contributed by atoms with E-state index in [-0.39, 0.29) is 24.8 Å². The van der Waals surface area contributed by atoms with E-state index in [1.165, 1.54) is 12.1 Å². The third-order valence-corrected chi connectivity index (χ3v) is 6.56. The van der Waals surface area contributed by atoms with Crippen LogP contribution in [0.15, 0.2) is 30.5 Å². The number of aromatic nitrogens is 2. The molecule has 2 amide bonds. The highest BCUT2D eigenvalue weighted by molar-refractivity contribution is 6.04. The Kier molecular flexibility index (Phi) is 5.49. The standard InChI is InChI=1S/C22H24F4N6O/c23-15-5-7-18(27-11-15)28-21(33)32-16-4-2-9-30(13-16)17-6-8-19(29-20(17)32)31-10-1-3-14(12-31)22(24,25)26/h5-8,11,14,16H,1-4,9-10,12-13H2,(H,27,28,33)/t14?,16-/m0/s1. The first-order valence-corrected chi connectivity index (χ1v) is 11.1. The van der Waals surface area contributed by atoms with Gasteiger partial charge in [0.05, 0.1) is 23.8 Å². The summed E-state index contributed by atoms with van der Waals surface area (Å²) in [6, 6.07) is 5.59. The van der Waals surface area contributed by atoms with Crippen molar-refractivity contribution in [3.63, 3.8) is 0 Å². The highest BCUT2D eigenvalue weighted by Gasteiger charge is 2.43. The predicted molar refractivity (Wildman–Crippen MR) is 116 cm³/mol. The molecule has 5 rings (SSSR count). The van der Waals surface area contributed by atoms with E-state index in [0.29, 0.717) is 31.1 Å². The third kappa shape index (κ3) is 4.28. The third-order valence-electron chi connectivity index (χ3n) is 6.56. The molecule has 33 heavy (non-hydrogen) atoms. The van der Waals surface area contributed by atoms with Gasteiger partial charge in [-0.3, -0.25) is 10.2 Å². The minimum absolute atomic E-state index is 0.111. The van der Waals surface area contributed by atoms with Gasteiger partial charge in [-0.15, -0.1) is 0 Å². The molecule has 2 bridgehead atoms. The number of nitrogens with zero attached hydrogens (tertiary/aromatic N) is 5. The van der Waals surface area contributed by atoms with Crippen LogP contribution < -0.4 is 20.0 Å². The first-order chi connectivity index (χ1) is 15.8. The zero-order chi connectivity index (χ0) is 23.2. The minimum Gasteiger partial charge on any atom is -0.366 e. The lowest BCUT2D eigenvalue weighted by Gasteiger charge is -2.46. The van der Waals surface area contributed by atoms with Crippen LogP contribution in [-0.2, 0) is 0 Å². The van der Waals surface area contributed by atoms with Crippen LogP contribution in [0.3, 0.4) is 0 Å². The molecule has 2 aromatic heterocycles. The monoisotopic (exact) mass is 464 g/mol. The Labute approximate surface area is 188 Å². The van der Waals surface area contributed by atoms with Crippen LogP contribution in [-0.4, -0.2) is 54.4 Å². The van der Waals surface area contributed by atoms with Crippen molar-refractivity contribution in [2.45, 2.75) is 37.9 Å². The largest absolute Gasteiger partial charge is 0.393 e. The first-order valence-electron chi connectivity index (χ1n) is 11.1. The molecular weight excluding hydrogens is 440 g/mol. The summed E-state index contributed by atoms with van der Waals surface area (Å²) in [6.07, 6.45) is -0.997. The number of pyridine rings is 2. The fourth-order valence-electron chi connectivity index (χ4n) is 4.92. The van der Waals surface area contributed by atoms with Crippen LogP contribution in [0.2, 0.25) is 0 Å². The molecule has 1 N–H and O–H groups in total. The molecule has 7 nitrogen and oxygen atoms in total. The number of amides is 2. The quantitative estimate of drug-likeness (QED) is 0.667. The van der Waals surface area contributed by atoms with Gasteiger partial charge in [0.2, 0.25) is 0 Å². The van der Waals surface area contributed by atoms with Crippen molar-refractivity contribution in [2.24, 2.45) is 5.92 Å². The van der Waals surface area contributed by atoms with Gasteiger partial charge in [0.1, 0.15) is 17.5 Å². The van der Waals surface area contributed by atoms with Crippen molar-refractivity contribution in [3.8, 4) is 0 Å². The summed E-state index contributed by atoms with van der Waals surface area (Å²) in [5, 5.41) is 2.70. The molecule has 2 atom stereocenters. The molecule has 0 saturated carbocycles. The summed E-state index contributed by atoms with van der Waals surface area (Å²) in [4.78, 5) is 27.2. The number of piperidine rings is 2. The zero-order valence-corrected chi connectivity index (χ0v) is 17.9. The molecule has 3 aliphatic rings. The van der Waals surface area contributed by atoms with Crippen molar-refractivity contribution in [1.82, 2.24) is 9.97 Å². The second-order valence-electron chi connectivity index (χ2n) is 8.74. The molecule has 2 saturated heterocycles. The van der Waals surface area contributed by atoms with Crippen molar-refractivity contribution >= 4 is 29.2 Å². The Hall–Kier alpha value is -3.11. The van der Waals surface area contributed by atoms with E-state index in [4.69, 9.17) is 4.98 Å². The van der Waals surface area contributed by atoms with E-state index < -0.39 is 23.9 Å². The molecule has 5 heterocycles. The summed E-state index contributed by atoms with van der Waals surface area (Å²) in [6.45, 7) is 1.82. The van der Waals surface area contributed by atoms with Crippen LogP contribution in [0.4, 0.5) is 45.5 Å². The average molecular weight is 464 g/mol. The van der Waals surface area contributed by atoms with Crippen molar-refractivity contribution in [2.75, 3.05) is 46.2 Å². The fourth-order valence-corrected chi connectivity index (χ4v) is 4.92. The second kappa shape index (κ2) is 8.35. The number of alkyl halides is 3. The SMILES string of the molecule is O=C(Nc1ccc(F)cn1)N1c2nc(N3CCCC(C(F)(F)F)C3)ccc2N2CCC[C@H]1C2. The average Bonchev–Trinajstić information content (AvgIpc) is 2.80. The topological polar surface area (TPSA) is 64.6 Å². The lowest BCUT2D eigenvalue weighted by molar-refractivity contribution is -0.176. The number of halogens is 4. The number of carbonyl (C=O) groups excluding carboxylic acids is 1. The molecule has 176 valence electrons. The van der Waals surface area contributed by atoms with Gasteiger partial charge in [-0.05, 0) is 49.9 Å². The number of hydrogen-bond acceptors (Lipinski definition) is 5. The van der Waals surface area contributed by atoms with E-state index in [1.54, 1.807) is 15.9 Å². The molecule has 0 spiro atoms. The molecule has 2 fully saturated rings. The summed E-state index contributed by atoms with van der Waals surface area (Å²) in [7, 11) is 0. The molecule has 0 aromatic carbocycles. The lowest BCUT2D eigenvalue weighted by atomic mass is 9.97. The number of anilines is 4. The van der Waals surface area contributed by atoms with Crippen LogP contribution >= 0.6 is 0 Å². The maximum Gasteiger partial charge on any atom is 0.393 e. The molecule has 11 heteroatoms. The minimum atomic E-state index is -4.25. The molecule has 1 unspecified atom stereocenters. The predicted octanol–water partition coefficient (Wildman–Crippen LogP) is 4.42. The normalized spacial score (nSPS) is 22.7. The molecule has 0 radical (unpaired) electrons. The molecule has 3 aliphatic heterocycles. The van der Waals surface area contributed by atoms with Crippen LogP contribution in [0, 0.1) is 11.7 Å². The number of fused-ring (bicyclic) bond motifs is 4. The number of nitrogens with one attached hydrogen (secondary N) is 1. The van der Waals surface area contributed by atoms with Gasteiger partial charge in [-0.25, -0.2) is 19.2 Å². The number of urea groups is 1. The van der Waals surface area contributed by atoms with Crippen molar-refractivity contribution in [3.05, 3.63) is 36.3 Å². The van der Waals surface area contributed by atoms with Gasteiger partial charge in [0, 0.05) is 26.2 Å². The van der Waals surface area contributed by atoms with Gasteiger partial charge >= 0.3 is 12.2 Å². The highest BCUT2D eigenvalue weighted by atomic mass is 19.4. The van der Waals surface area contributed by atoms with Crippen LogP contribution in [0.25, 0.3) is 0 Å². The maximum absolute atomic E-state index is 13.3. The summed E-state index contributed by atoms with van der Waals surface area (Å²) < 4.78 is 53.1. The van der Waals surface area contributed by atoms with Crippen LogP contribution in [0.5, 0.6) is 0 Å². The van der Waals surface area contributed by atoms with Gasteiger partial charge < -0.3 is 9.80 Å². The number of rotatable bonds is 2. The Morgan fingerprint density at radius 1 is 1.03 bits per heavy atom. The van der Waals surface area contributed by atoms with E-state index >= 15 is 0 Å². The molecule has 2 aromatic rings. The Bertz CT molecular complexity index is 1030. The van der Waals surface area contributed by atoms with Gasteiger partial charge in [-0.2, -0.15) is 13.2 Å². The summed E-state index contributed by atoms with van der Waals surface area (Å²) >= 11 is 0. The number of carbonyl (C=O) groups is 1. The van der Waals surface area contributed by atoms with Crippen LogP contribution in [0.1, 0.15) is 25.7 Å². The Morgan fingerprint density at radius 3 is 2.58 bits per heavy atom. The van der Waals surface area contributed by atoms with E-state index in [9.17, 15) is 22.4 Å². The molecule has 0 aliphatic carbocycles. The summed E-state index contributed by atoms with van der Waals surface area (Å²) in [5.41, 5.74) is 0.779. The van der Waals surface area contributed by atoms with E-state index in [0.717, 1.165) is 31.3 Å². The van der Waals surface area contributed by atoms with Gasteiger partial charge in [0.25, 0.3) is 0 Å². The summed E-state index contributed by atoms with van der Waals surface area (Å²) in [5.74, 6) is -0.833. The second-order valence-corrected chi connectivity index (χ2v) is 8.74. The first kappa shape index (κ1) is 21.7. The molecular formula is C22H24F4N6O. The fraction of sp³-hybridized carbons (Fsp3) is 0.500. The van der Waals surface area contributed by atoms with Crippen molar-refractivity contribution in [1.29, 1.82) is 0 Å². The van der Waals surface area contributed by atoms with E-state index in [1.807, 2.05) is 6.07 Å². The maximum atomic E-state index is 13.3. The van der Waals surface area contributed by atoms with Gasteiger partial charge in [0.15, 0.2) is 5.82 Å². The zero-order valence-electron chi connectivity index (χ0n) is 17.9. The van der Waals surface area contributed by atoms with E-state index in [2.05, 4.69) is 15.2 Å². The number of hydrogen-bond donors (Lipinski definition) is 1.